The van der Waals surface area contributed by atoms with Crippen LogP contribution in [0.2, 0.25) is 0 Å². The van der Waals surface area contributed by atoms with Gasteiger partial charge in [0.15, 0.2) is 5.96 Å². The van der Waals surface area contributed by atoms with Crippen molar-refractivity contribution in [3.63, 3.8) is 0 Å². The van der Waals surface area contributed by atoms with Crippen LogP contribution in [0.3, 0.4) is 0 Å². The number of guanidine groups is 1. The summed E-state index contributed by atoms with van der Waals surface area (Å²) in [6.07, 6.45) is 2.94. The minimum absolute atomic E-state index is 0. The highest BCUT2D eigenvalue weighted by Gasteiger charge is 2.42. The summed E-state index contributed by atoms with van der Waals surface area (Å²) >= 11 is 0. The van der Waals surface area contributed by atoms with Crippen molar-refractivity contribution in [2.75, 3.05) is 52.9 Å². The summed E-state index contributed by atoms with van der Waals surface area (Å²) < 4.78 is 0. The van der Waals surface area contributed by atoms with Gasteiger partial charge in [0, 0.05) is 44.6 Å². The number of carbonyl (C=O) groups excluding carboxylic acids is 1. The van der Waals surface area contributed by atoms with Gasteiger partial charge in [0.25, 0.3) is 0 Å². The standard InChI is InChI=1S/C16H31N5O.HI/c1-4-17-15(18-8-10-20(3)5-2)21-9-6-7-16(13-21)11-14(22)19-12-16;/h4-13H2,1-3H3,(H,17,18)(H,19,22);1H. The zero-order valence-corrected chi connectivity index (χ0v) is 17.1. The first-order valence-electron chi connectivity index (χ1n) is 8.57. The molecule has 1 spiro atoms. The monoisotopic (exact) mass is 437 g/mol. The molecule has 2 fully saturated rings. The van der Waals surface area contributed by atoms with Gasteiger partial charge in [-0.25, -0.2) is 0 Å². The van der Waals surface area contributed by atoms with Crippen LogP contribution in [-0.2, 0) is 4.79 Å². The van der Waals surface area contributed by atoms with E-state index in [4.69, 9.17) is 4.99 Å². The molecule has 0 bridgehead atoms. The third-order valence-corrected chi connectivity index (χ3v) is 4.78. The van der Waals surface area contributed by atoms with Gasteiger partial charge in [0.1, 0.15) is 0 Å². The van der Waals surface area contributed by atoms with Crippen molar-refractivity contribution < 1.29 is 4.79 Å². The summed E-state index contributed by atoms with van der Waals surface area (Å²) in [5.41, 5.74) is 0.117. The molecule has 0 aromatic carbocycles. The highest BCUT2D eigenvalue weighted by atomic mass is 127. The molecule has 0 aromatic heterocycles. The molecule has 2 saturated heterocycles. The van der Waals surface area contributed by atoms with E-state index >= 15 is 0 Å². The molecule has 0 radical (unpaired) electrons. The number of carbonyl (C=O) groups is 1. The van der Waals surface area contributed by atoms with E-state index in [0.717, 1.165) is 64.6 Å². The van der Waals surface area contributed by atoms with Crippen LogP contribution in [0.15, 0.2) is 4.99 Å². The van der Waals surface area contributed by atoms with Gasteiger partial charge in [-0.05, 0) is 33.4 Å². The fourth-order valence-corrected chi connectivity index (χ4v) is 3.34. The van der Waals surface area contributed by atoms with E-state index in [2.05, 4.69) is 41.3 Å². The summed E-state index contributed by atoms with van der Waals surface area (Å²) in [5, 5.41) is 6.42. The van der Waals surface area contributed by atoms with E-state index in [0.29, 0.717) is 6.42 Å². The molecule has 1 unspecified atom stereocenters. The number of nitrogens with zero attached hydrogens (tertiary/aromatic N) is 3. The van der Waals surface area contributed by atoms with Gasteiger partial charge in [-0.2, -0.15) is 0 Å². The molecule has 134 valence electrons. The fraction of sp³-hybridized carbons (Fsp3) is 0.875. The van der Waals surface area contributed by atoms with Gasteiger partial charge in [-0.3, -0.25) is 9.79 Å². The molecule has 2 N–H and O–H groups in total. The number of amides is 1. The maximum Gasteiger partial charge on any atom is 0.220 e. The molecule has 2 heterocycles. The third-order valence-electron chi connectivity index (χ3n) is 4.78. The predicted octanol–water partition coefficient (Wildman–Crippen LogP) is 1.12. The molecule has 0 aromatic rings. The van der Waals surface area contributed by atoms with E-state index in [1.165, 1.54) is 0 Å². The maximum absolute atomic E-state index is 11.6. The molecule has 1 atom stereocenters. The molecule has 0 saturated carbocycles. The van der Waals surface area contributed by atoms with Crippen LogP contribution >= 0.6 is 24.0 Å². The average molecular weight is 437 g/mol. The molecule has 1 amide bonds. The quantitative estimate of drug-likeness (QED) is 0.385. The summed E-state index contributed by atoms with van der Waals surface area (Å²) in [6.45, 7) is 10.8. The molecule has 2 aliphatic rings. The predicted molar refractivity (Wildman–Crippen MR) is 105 cm³/mol. The molecule has 23 heavy (non-hydrogen) atoms. The first-order chi connectivity index (χ1) is 10.6. The number of piperidine rings is 1. The van der Waals surface area contributed by atoms with E-state index in [1.54, 1.807) is 0 Å². The van der Waals surface area contributed by atoms with Crippen molar-refractivity contribution in [3.8, 4) is 0 Å². The molecular weight excluding hydrogens is 405 g/mol. The minimum atomic E-state index is 0. The van der Waals surface area contributed by atoms with Crippen LogP contribution in [0, 0.1) is 5.41 Å². The Bertz CT molecular complexity index is 417. The van der Waals surface area contributed by atoms with Crippen LogP contribution in [-0.4, -0.2) is 74.5 Å². The lowest BCUT2D eigenvalue weighted by molar-refractivity contribution is -0.119. The third kappa shape index (κ3) is 5.77. The summed E-state index contributed by atoms with van der Waals surface area (Å²) in [7, 11) is 2.12. The van der Waals surface area contributed by atoms with Crippen LogP contribution in [0.5, 0.6) is 0 Å². The molecule has 6 nitrogen and oxygen atoms in total. The van der Waals surface area contributed by atoms with Gasteiger partial charge in [0.2, 0.25) is 5.91 Å². The number of likely N-dealkylation sites (N-methyl/N-ethyl adjacent to an activating group) is 1. The van der Waals surface area contributed by atoms with Crippen molar-refractivity contribution in [2.45, 2.75) is 33.1 Å². The Morgan fingerprint density at radius 2 is 2.26 bits per heavy atom. The smallest absolute Gasteiger partial charge is 0.220 e. The van der Waals surface area contributed by atoms with Gasteiger partial charge >= 0.3 is 0 Å². The Morgan fingerprint density at radius 3 is 2.87 bits per heavy atom. The van der Waals surface area contributed by atoms with Crippen molar-refractivity contribution in [1.82, 2.24) is 20.4 Å². The SMILES string of the molecule is CCNC(=NCCN(C)CC)N1CCCC2(CNC(=O)C2)C1.I. The summed E-state index contributed by atoms with van der Waals surface area (Å²) in [6, 6.07) is 0. The number of nitrogens with one attached hydrogen (secondary N) is 2. The maximum atomic E-state index is 11.6. The Morgan fingerprint density at radius 1 is 1.48 bits per heavy atom. The van der Waals surface area contributed by atoms with Crippen molar-refractivity contribution >= 4 is 35.8 Å². The van der Waals surface area contributed by atoms with Gasteiger partial charge < -0.3 is 20.4 Å². The highest BCUT2D eigenvalue weighted by molar-refractivity contribution is 14.0. The molecule has 7 heteroatoms. The van der Waals surface area contributed by atoms with Crippen LogP contribution in [0.25, 0.3) is 0 Å². The van der Waals surface area contributed by atoms with Crippen LogP contribution < -0.4 is 10.6 Å². The lowest BCUT2D eigenvalue weighted by atomic mass is 9.79. The van der Waals surface area contributed by atoms with Gasteiger partial charge in [0.05, 0.1) is 6.54 Å². The first-order valence-corrected chi connectivity index (χ1v) is 8.57. The summed E-state index contributed by atoms with van der Waals surface area (Å²) in [5.74, 6) is 1.21. The van der Waals surface area contributed by atoms with Crippen LogP contribution in [0.4, 0.5) is 0 Å². The number of aliphatic imine (C=N–C) groups is 1. The number of likely N-dealkylation sites (tertiary alicyclic amines) is 1. The Labute approximate surface area is 157 Å². The van der Waals surface area contributed by atoms with Crippen molar-refractivity contribution in [2.24, 2.45) is 10.4 Å². The zero-order valence-electron chi connectivity index (χ0n) is 14.7. The average Bonchev–Trinajstić information content (AvgIpc) is 2.86. The Balaban J connectivity index is 0.00000264. The molecule has 2 rings (SSSR count). The van der Waals surface area contributed by atoms with Crippen molar-refractivity contribution in [3.05, 3.63) is 0 Å². The minimum Gasteiger partial charge on any atom is -0.357 e. The molecule has 0 aliphatic carbocycles. The van der Waals surface area contributed by atoms with Crippen LogP contribution in [0.1, 0.15) is 33.1 Å². The normalized spacial score (nSPS) is 24.8. The number of halogens is 1. The van der Waals surface area contributed by atoms with E-state index < -0.39 is 0 Å². The van der Waals surface area contributed by atoms with Gasteiger partial charge in [-0.15, -0.1) is 24.0 Å². The zero-order chi connectivity index (χ0) is 16.0. The van der Waals surface area contributed by atoms with Gasteiger partial charge in [-0.1, -0.05) is 6.92 Å². The number of rotatable bonds is 5. The topological polar surface area (TPSA) is 60.0 Å². The largest absolute Gasteiger partial charge is 0.357 e. The first kappa shape index (κ1) is 20.5. The second-order valence-electron chi connectivity index (χ2n) is 6.61. The lowest BCUT2D eigenvalue weighted by Crippen LogP contribution is -2.51. The van der Waals surface area contributed by atoms with E-state index in [-0.39, 0.29) is 35.3 Å². The fourth-order valence-electron chi connectivity index (χ4n) is 3.34. The molecular formula is C16H32IN5O. The van der Waals surface area contributed by atoms with Crippen molar-refractivity contribution in [1.29, 1.82) is 0 Å². The Kier molecular flexibility index (Phi) is 8.60. The van der Waals surface area contributed by atoms with E-state index in [1.807, 2.05) is 0 Å². The van der Waals surface area contributed by atoms with E-state index in [9.17, 15) is 4.79 Å². The number of hydrogen-bond acceptors (Lipinski definition) is 3. The second-order valence-corrected chi connectivity index (χ2v) is 6.61. The second kappa shape index (κ2) is 9.66. The Hall–Kier alpha value is -0.570. The highest BCUT2D eigenvalue weighted by Crippen LogP contribution is 2.35. The lowest BCUT2D eigenvalue weighted by Gasteiger charge is -2.40. The molecule has 2 aliphatic heterocycles. The number of hydrogen-bond donors (Lipinski definition) is 2. The summed E-state index contributed by atoms with van der Waals surface area (Å²) in [4.78, 5) is 21.0.